The Labute approximate surface area is 148 Å². The quantitative estimate of drug-likeness (QED) is 0.580. The number of ketones is 1. The fraction of sp³-hybridized carbons (Fsp3) is 0.526. The smallest absolute Gasteiger partial charge is 0.325 e. The van der Waals surface area contributed by atoms with E-state index in [1.807, 2.05) is 6.92 Å². The summed E-state index contributed by atoms with van der Waals surface area (Å²) in [7, 11) is 0. The fourth-order valence-corrected chi connectivity index (χ4v) is 2.78. The summed E-state index contributed by atoms with van der Waals surface area (Å²) in [6, 6.07) is 6.19. The van der Waals surface area contributed by atoms with E-state index in [2.05, 4.69) is 19.2 Å². The Bertz CT molecular complexity index is 654. The van der Waals surface area contributed by atoms with Crippen molar-refractivity contribution in [3.63, 3.8) is 0 Å². The first-order chi connectivity index (χ1) is 11.8. The van der Waals surface area contributed by atoms with Gasteiger partial charge in [0, 0.05) is 5.56 Å². The number of hydrogen-bond donors (Lipinski definition) is 1. The van der Waals surface area contributed by atoms with Gasteiger partial charge in [0.1, 0.15) is 11.3 Å². The average molecular weight is 346 g/mol. The van der Waals surface area contributed by atoms with Crippen LogP contribution in [0.1, 0.15) is 50.9 Å². The van der Waals surface area contributed by atoms with Crippen molar-refractivity contribution in [2.75, 3.05) is 13.2 Å². The fourth-order valence-electron chi connectivity index (χ4n) is 2.78. The van der Waals surface area contributed by atoms with Crippen LogP contribution >= 0.6 is 0 Å². The van der Waals surface area contributed by atoms with Gasteiger partial charge in [-0.1, -0.05) is 13.8 Å². The highest BCUT2D eigenvalue weighted by atomic mass is 16.5. The first-order valence-electron chi connectivity index (χ1n) is 8.67. The molecule has 3 amide bonds. The number of imide groups is 1. The lowest BCUT2D eigenvalue weighted by atomic mass is 9.92. The van der Waals surface area contributed by atoms with Crippen molar-refractivity contribution in [3.8, 4) is 5.75 Å². The Hall–Kier alpha value is -2.37. The van der Waals surface area contributed by atoms with Crippen LogP contribution in [0.15, 0.2) is 24.3 Å². The van der Waals surface area contributed by atoms with Gasteiger partial charge in [0.05, 0.1) is 13.2 Å². The Kier molecular flexibility index (Phi) is 5.82. The molecule has 1 N–H and O–H groups in total. The van der Waals surface area contributed by atoms with Crippen molar-refractivity contribution in [2.45, 2.75) is 46.1 Å². The minimum absolute atomic E-state index is 0.254. The lowest BCUT2D eigenvalue weighted by Crippen LogP contribution is -2.44. The number of carbonyl (C=O) groups is 3. The van der Waals surface area contributed by atoms with Crippen LogP contribution in [0.4, 0.5) is 4.79 Å². The van der Waals surface area contributed by atoms with E-state index in [0.717, 1.165) is 11.3 Å². The van der Waals surface area contributed by atoms with Crippen molar-refractivity contribution < 1.29 is 19.1 Å². The number of nitrogens with zero attached hydrogens (tertiary/aromatic N) is 1. The summed E-state index contributed by atoms with van der Waals surface area (Å²) in [5.41, 5.74) is -0.486. The molecular formula is C19H26N2O4. The van der Waals surface area contributed by atoms with E-state index >= 15 is 0 Å². The molecule has 1 aromatic carbocycles. The third-order valence-electron chi connectivity index (χ3n) is 4.36. The molecule has 0 aliphatic carbocycles. The SMILES string of the molecule is CCOc1ccc(C(=O)CN2C(=O)N[C@@](C)(CCC(C)C)C2=O)cc1. The number of amides is 3. The molecular weight excluding hydrogens is 320 g/mol. The molecule has 25 heavy (non-hydrogen) atoms. The molecule has 1 aliphatic heterocycles. The maximum atomic E-state index is 12.6. The molecule has 1 aliphatic rings. The molecule has 1 saturated heterocycles. The van der Waals surface area contributed by atoms with Crippen LogP contribution < -0.4 is 10.1 Å². The molecule has 0 bridgehead atoms. The summed E-state index contributed by atoms with van der Waals surface area (Å²) in [5, 5.41) is 2.73. The van der Waals surface area contributed by atoms with E-state index in [-0.39, 0.29) is 18.2 Å². The van der Waals surface area contributed by atoms with E-state index in [1.165, 1.54) is 0 Å². The van der Waals surface area contributed by atoms with Crippen molar-refractivity contribution in [1.29, 1.82) is 0 Å². The van der Waals surface area contributed by atoms with Crippen molar-refractivity contribution in [2.24, 2.45) is 5.92 Å². The molecule has 1 atom stereocenters. The highest BCUT2D eigenvalue weighted by molar-refractivity contribution is 6.11. The van der Waals surface area contributed by atoms with Crippen LogP contribution in [0.5, 0.6) is 5.75 Å². The number of carbonyl (C=O) groups excluding carboxylic acids is 3. The highest BCUT2D eigenvalue weighted by Crippen LogP contribution is 2.25. The van der Waals surface area contributed by atoms with Gasteiger partial charge in [-0.3, -0.25) is 14.5 Å². The number of nitrogens with one attached hydrogen (secondary N) is 1. The normalized spacial score (nSPS) is 20.1. The van der Waals surface area contributed by atoms with Crippen LogP contribution in [0, 0.1) is 5.92 Å². The van der Waals surface area contributed by atoms with Crippen LogP contribution in [-0.2, 0) is 4.79 Å². The standard InChI is InChI=1S/C19H26N2O4/c1-5-25-15-8-6-14(7-9-15)16(22)12-21-17(23)19(4,20-18(21)24)11-10-13(2)3/h6-9,13H,5,10-12H2,1-4H3,(H,20,24)/t19-/m0/s1. The predicted molar refractivity (Wildman–Crippen MR) is 94.7 cm³/mol. The Morgan fingerprint density at radius 1 is 1.24 bits per heavy atom. The molecule has 0 saturated carbocycles. The van der Waals surface area contributed by atoms with Crippen LogP contribution in [0.3, 0.4) is 0 Å². The lowest BCUT2D eigenvalue weighted by molar-refractivity contribution is -0.130. The number of benzene rings is 1. The molecule has 0 spiro atoms. The second-order valence-electron chi connectivity index (χ2n) is 6.97. The molecule has 1 aromatic rings. The maximum Gasteiger partial charge on any atom is 0.325 e. The summed E-state index contributed by atoms with van der Waals surface area (Å²) >= 11 is 0. The first kappa shape index (κ1) is 19.0. The summed E-state index contributed by atoms with van der Waals surface area (Å²) in [6.45, 7) is 8.03. The summed E-state index contributed by atoms with van der Waals surface area (Å²) in [4.78, 5) is 38.2. The molecule has 0 radical (unpaired) electrons. The summed E-state index contributed by atoms with van der Waals surface area (Å²) < 4.78 is 5.34. The maximum absolute atomic E-state index is 12.6. The summed E-state index contributed by atoms with van der Waals surface area (Å²) in [5.74, 6) is 0.494. The van der Waals surface area contributed by atoms with Gasteiger partial charge in [-0.25, -0.2) is 4.79 Å². The monoisotopic (exact) mass is 346 g/mol. The molecule has 6 nitrogen and oxygen atoms in total. The molecule has 0 aromatic heterocycles. The van der Waals surface area contributed by atoms with E-state index < -0.39 is 11.6 Å². The van der Waals surface area contributed by atoms with Gasteiger partial charge < -0.3 is 10.1 Å². The van der Waals surface area contributed by atoms with Gasteiger partial charge in [-0.15, -0.1) is 0 Å². The zero-order valence-electron chi connectivity index (χ0n) is 15.3. The van der Waals surface area contributed by atoms with Gasteiger partial charge in [-0.2, -0.15) is 0 Å². The van der Waals surface area contributed by atoms with Crippen LogP contribution in [-0.4, -0.2) is 41.3 Å². The topological polar surface area (TPSA) is 75.7 Å². The summed E-state index contributed by atoms with van der Waals surface area (Å²) in [6.07, 6.45) is 1.38. The van der Waals surface area contributed by atoms with E-state index in [1.54, 1.807) is 31.2 Å². The van der Waals surface area contributed by atoms with Gasteiger partial charge in [0.25, 0.3) is 5.91 Å². The molecule has 136 valence electrons. The molecule has 1 heterocycles. The molecule has 0 unspecified atom stereocenters. The molecule has 1 fully saturated rings. The van der Waals surface area contributed by atoms with Crippen molar-refractivity contribution in [1.82, 2.24) is 10.2 Å². The van der Waals surface area contributed by atoms with Crippen LogP contribution in [0.2, 0.25) is 0 Å². The van der Waals surface area contributed by atoms with Gasteiger partial charge in [0.2, 0.25) is 0 Å². The van der Waals surface area contributed by atoms with E-state index in [0.29, 0.717) is 30.3 Å². The van der Waals surface area contributed by atoms with E-state index in [4.69, 9.17) is 4.74 Å². The minimum Gasteiger partial charge on any atom is -0.494 e. The van der Waals surface area contributed by atoms with Gasteiger partial charge in [-0.05, 0) is 56.9 Å². The Morgan fingerprint density at radius 2 is 1.88 bits per heavy atom. The predicted octanol–water partition coefficient (Wildman–Crippen LogP) is 3.01. The zero-order valence-corrected chi connectivity index (χ0v) is 15.3. The minimum atomic E-state index is -0.930. The number of Topliss-reactive ketones (excluding diaryl/α,β-unsaturated/α-hetero) is 1. The Balaban J connectivity index is 2.05. The number of hydrogen-bond acceptors (Lipinski definition) is 4. The second-order valence-corrected chi connectivity index (χ2v) is 6.97. The number of ether oxygens (including phenoxy) is 1. The second kappa shape index (κ2) is 7.68. The van der Waals surface area contributed by atoms with Gasteiger partial charge >= 0.3 is 6.03 Å². The highest BCUT2D eigenvalue weighted by Gasteiger charge is 2.47. The van der Waals surface area contributed by atoms with Crippen LogP contribution in [0.25, 0.3) is 0 Å². The third-order valence-corrected chi connectivity index (χ3v) is 4.36. The lowest BCUT2D eigenvalue weighted by Gasteiger charge is -2.22. The molecule has 6 heteroatoms. The Morgan fingerprint density at radius 3 is 2.44 bits per heavy atom. The number of urea groups is 1. The van der Waals surface area contributed by atoms with E-state index in [9.17, 15) is 14.4 Å². The third kappa shape index (κ3) is 4.38. The largest absolute Gasteiger partial charge is 0.494 e. The van der Waals surface area contributed by atoms with Crippen molar-refractivity contribution in [3.05, 3.63) is 29.8 Å². The first-order valence-corrected chi connectivity index (χ1v) is 8.67. The molecule has 2 rings (SSSR count). The van der Waals surface area contributed by atoms with Gasteiger partial charge in [0.15, 0.2) is 5.78 Å². The average Bonchev–Trinajstić information content (AvgIpc) is 2.78. The number of rotatable bonds is 8. The van der Waals surface area contributed by atoms with Crippen molar-refractivity contribution >= 4 is 17.7 Å². The zero-order chi connectivity index (χ0) is 18.6.